The number of alkyl halides is 3. The topological polar surface area (TPSA) is 32.3 Å². The largest absolute Gasteiger partial charge is 0.431 e. The van der Waals surface area contributed by atoms with Gasteiger partial charge in [-0.05, 0) is 0 Å². The summed E-state index contributed by atoms with van der Waals surface area (Å²) >= 11 is 0. The van der Waals surface area contributed by atoms with Crippen molar-refractivity contribution in [2.75, 3.05) is 7.05 Å². The summed E-state index contributed by atoms with van der Waals surface area (Å²) in [6.45, 7) is 3.26. The standard InChI is InChI=1S/C7H7F3N2O/c1-4-11-5(7(8,9)10)3-6(13)12(4)2/h3,11H,1H2,2H3. The number of allylic oxidation sites excluding steroid dienone is 1. The smallest absolute Gasteiger partial charge is 0.338 e. The summed E-state index contributed by atoms with van der Waals surface area (Å²) in [6, 6.07) is 0. The van der Waals surface area contributed by atoms with E-state index in [0.29, 0.717) is 6.08 Å². The van der Waals surface area contributed by atoms with E-state index in [1.54, 1.807) is 0 Å². The van der Waals surface area contributed by atoms with Gasteiger partial charge in [-0.15, -0.1) is 0 Å². The van der Waals surface area contributed by atoms with Crippen LogP contribution in [0.25, 0.3) is 0 Å². The van der Waals surface area contributed by atoms with Crippen LogP contribution in [0.2, 0.25) is 0 Å². The Bertz CT molecular complexity index is 293. The lowest BCUT2D eigenvalue weighted by Gasteiger charge is -2.26. The van der Waals surface area contributed by atoms with Gasteiger partial charge in [0.05, 0.1) is 0 Å². The zero-order valence-corrected chi connectivity index (χ0v) is 6.77. The summed E-state index contributed by atoms with van der Waals surface area (Å²) in [5.41, 5.74) is -1.08. The summed E-state index contributed by atoms with van der Waals surface area (Å²) in [6.07, 6.45) is -4.05. The number of nitrogens with zero attached hydrogens (tertiary/aromatic N) is 1. The Morgan fingerprint density at radius 1 is 1.54 bits per heavy atom. The lowest BCUT2D eigenvalue weighted by Crippen LogP contribution is -2.40. The average molecular weight is 192 g/mol. The number of nitrogens with one attached hydrogen (secondary N) is 1. The van der Waals surface area contributed by atoms with Gasteiger partial charge in [0.15, 0.2) is 0 Å². The van der Waals surface area contributed by atoms with E-state index in [0.717, 1.165) is 4.90 Å². The maximum atomic E-state index is 12.1. The quantitative estimate of drug-likeness (QED) is 0.620. The summed E-state index contributed by atoms with van der Waals surface area (Å²) in [5.74, 6) is -0.823. The fourth-order valence-electron chi connectivity index (χ4n) is 0.781. The maximum Gasteiger partial charge on any atom is 0.431 e. The number of amides is 1. The van der Waals surface area contributed by atoms with E-state index >= 15 is 0 Å². The molecule has 0 aromatic carbocycles. The van der Waals surface area contributed by atoms with Gasteiger partial charge in [0, 0.05) is 13.1 Å². The Morgan fingerprint density at radius 3 is 2.46 bits per heavy atom. The van der Waals surface area contributed by atoms with Gasteiger partial charge in [0.2, 0.25) is 0 Å². The highest BCUT2D eigenvalue weighted by Gasteiger charge is 2.37. The Kier molecular flexibility index (Phi) is 2.07. The minimum Gasteiger partial charge on any atom is -0.338 e. The van der Waals surface area contributed by atoms with E-state index in [-0.39, 0.29) is 5.82 Å². The van der Waals surface area contributed by atoms with Crippen molar-refractivity contribution in [3.05, 3.63) is 24.2 Å². The molecule has 1 aliphatic rings. The first-order valence-corrected chi connectivity index (χ1v) is 3.35. The number of hydrogen-bond acceptors (Lipinski definition) is 2. The van der Waals surface area contributed by atoms with Crippen LogP contribution >= 0.6 is 0 Å². The predicted molar refractivity (Wildman–Crippen MR) is 39.2 cm³/mol. The molecule has 6 heteroatoms. The minimum atomic E-state index is -4.54. The first-order valence-electron chi connectivity index (χ1n) is 3.35. The van der Waals surface area contributed by atoms with Gasteiger partial charge in [-0.25, -0.2) is 0 Å². The zero-order valence-electron chi connectivity index (χ0n) is 6.77. The second-order valence-electron chi connectivity index (χ2n) is 2.52. The zero-order chi connectivity index (χ0) is 10.2. The molecule has 0 atom stereocenters. The van der Waals surface area contributed by atoms with E-state index in [9.17, 15) is 18.0 Å². The maximum absolute atomic E-state index is 12.1. The van der Waals surface area contributed by atoms with E-state index in [1.807, 2.05) is 5.32 Å². The molecule has 1 N–H and O–H groups in total. The summed E-state index contributed by atoms with van der Waals surface area (Å²) < 4.78 is 36.2. The molecule has 1 amide bonds. The van der Waals surface area contributed by atoms with E-state index in [1.165, 1.54) is 7.05 Å². The fourth-order valence-corrected chi connectivity index (χ4v) is 0.781. The monoisotopic (exact) mass is 192 g/mol. The molecule has 0 fully saturated rings. The molecule has 0 radical (unpaired) electrons. The van der Waals surface area contributed by atoms with Gasteiger partial charge < -0.3 is 5.32 Å². The van der Waals surface area contributed by atoms with Crippen molar-refractivity contribution in [3.8, 4) is 0 Å². The fraction of sp³-hybridized carbons (Fsp3) is 0.286. The number of likely N-dealkylation sites (N-methyl/N-ethyl adjacent to an activating group) is 1. The van der Waals surface area contributed by atoms with Gasteiger partial charge in [0.1, 0.15) is 11.5 Å². The summed E-state index contributed by atoms with van der Waals surface area (Å²) in [4.78, 5) is 11.9. The van der Waals surface area contributed by atoms with E-state index in [4.69, 9.17) is 0 Å². The van der Waals surface area contributed by atoms with Crippen molar-refractivity contribution in [2.24, 2.45) is 0 Å². The van der Waals surface area contributed by atoms with Gasteiger partial charge in [-0.3, -0.25) is 9.69 Å². The Morgan fingerprint density at radius 2 is 2.08 bits per heavy atom. The molecule has 0 unspecified atom stereocenters. The number of carbonyl (C=O) groups is 1. The number of hydrogen-bond donors (Lipinski definition) is 1. The van der Waals surface area contributed by atoms with Crippen LogP contribution in [0.1, 0.15) is 0 Å². The molecule has 72 valence electrons. The molecular formula is C7H7F3N2O. The van der Waals surface area contributed by atoms with Crippen LogP contribution in [0.5, 0.6) is 0 Å². The highest BCUT2D eigenvalue weighted by atomic mass is 19.4. The molecule has 0 saturated carbocycles. The van der Waals surface area contributed by atoms with E-state index in [2.05, 4.69) is 6.58 Å². The first kappa shape index (κ1) is 9.63. The van der Waals surface area contributed by atoms with Crippen LogP contribution in [0.15, 0.2) is 24.2 Å². The minimum absolute atomic E-state index is 0.0835. The van der Waals surface area contributed by atoms with Gasteiger partial charge >= 0.3 is 6.18 Å². The molecule has 3 nitrogen and oxygen atoms in total. The lowest BCUT2D eigenvalue weighted by atomic mass is 10.3. The molecule has 1 rings (SSSR count). The Labute approximate surface area is 72.5 Å². The van der Waals surface area contributed by atoms with Crippen molar-refractivity contribution in [1.29, 1.82) is 0 Å². The van der Waals surface area contributed by atoms with E-state index < -0.39 is 17.8 Å². The Balaban J connectivity index is 2.99. The van der Waals surface area contributed by atoms with Crippen LogP contribution in [-0.4, -0.2) is 24.0 Å². The molecule has 0 spiro atoms. The third-order valence-electron chi connectivity index (χ3n) is 1.59. The van der Waals surface area contributed by atoms with Gasteiger partial charge in [0.25, 0.3) is 5.91 Å². The second kappa shape index (κ2) is 2.79. The SMILES string of the molecule is C=C1NC(C(F)(F)F)=CC(=O)N1C. The average Bonchev–Trinajstić information content (AvgIpc) is 1.97. The molecule has 1 aliphatic heterocycles. The Hall–Kier alpha value is -1.46. The normalized spacial score (nSPS) is 18.5. The van der Waals surface area contributed by atoms with Gasteiger partial charge in [-0.2, -0.15) is 13.2 Å². The molecule has 0 bridgehead atoms. The summed E-state index contributed by atoms with van der Waals surface area (Å²) in [7, 11) is 1.33. The van der Waals surface area contributed by atoms with Crippen molar-refractivity contribution in [2.45, 2.75) is 6.18 Å². The first-order chi connectivity index (χ1) is 5.82. The molecule has 0 saturated heterocycles. The van der Waals surface area contributed by atoms with Crippen molar-refractivity contribution >= 4 is 5.91 Å². The molecule has 13 heavy (non-hydrogen) atoms. The lowest BCUT2D eigenvalue weighted by molar-refractivity contribution is -0.127. The molecule has 1 heterocycles. The van der Waals surface area contributed by atoms with Crippen molar-refractivity contribution in [1.82, 2.24) is 10.2 Å². The van der Waals surface area contributed by atoms with Crippen LogP contribution in [-0.2, 0) is 4.79 Å². The summed E-state index contributed by atoms with van der Waals surface area (Å²) in [5, 5.41) is 1.98. The van der Waals surface area contributed by atoms with Crippen molar-refractivity contribution in [3.63, 3.8) is 0 Å². The number of halogens is 3. The highest BCUT2D eigenvalue weighted by Crippen LogP contribution is 2.26. The second-order valence-corrected chi connectivity index (χ2v) is 2.52. The van der Waals surface area contributed by atoms with Crippen LogP contribution < -0.4 is 5.32 Å². The predicted octanol–water partition coefficient (Wildman–Crippen LogP) is 0.965. The molecular weight excluding hydrogens is 185 g/mol. The third-order valence-corrected chi connectivity index (χ3v) is 1.59. The van der Waals surface area contributed by atoms with Crippen LogP contribution in [0.3, 0.4) is 0 Å². The molecule has 0 aromatic heterocycles. The highest BCUT2D eigenvalue weighted by molar-refractivity contribution is 5.90. The number of rotatable bonds is 0. The van der Waals surface area contributed by atoms with Gasteiger partial charge in [-0.1, -0.05) is 6.58 Å². The number of carbonyl (C=O) groups excluding carboxylic acids is 1. The van der Waals surface area contributed by atoms with Crippen LogP contribution in [0.4, 0.5) is 13.2 Å². The molecule has 0 aliphatic carbocycles. The molecule has 0 aromatic rings. The third kappa shape index (κ3) is 1.82. The van der Waals surface area contributed by atoms with Crippen molar-refractivity contribution < 1.29 is 18.0 Å². The van der Waals surface area contributed by atoms with Crippen LogP contribution in [0, 0.1) is 0 Å².